The third-order valence-corrected chi connectivity index (χ3v) is 3.32. The lowest BCUT2D eigenvalue weighted by Gasteiger charge is -2.36. The van der Waals surface area contributed by atoms with Crippen LogP contribution in [0.3, 0.4) is 0 Å². The van der Waals surface area contributed by atoms with Crippen LogP contribution in [0.25, 0.3) is 0 Å². The normalized spacial score (nSPS) is 22.5. The monoisotopic (exact) mass is 231 g/mol. The van der Waals surface area contributed by atoms with Crippen molar-refractivity contribution in [3.63, 3.8) is 0 Å². The van der Waals surface area contributed by atoms with Crippen LogP contribution in [0.4, 0.5) is 4.39 Å². The average Bonchev–Trinajstić information content (AvgIpc) is 2.26. The van der Waals surface area contributed by atoms with E-state index in [1.165, 1.54) is 6.07 Å². The van der Waals surface area contributed by atoms with Crippen LogP contribution in [0.2, 0.25) is 0 Å². The molecule has 1 N–H and O–H groups in total. The minimum Gasteiger partial charge on any atom is -0.313 e. The van der Waals surface area contributed by atoms with Crippen molar-refractivity contribution in [3.05, 3.63) is 35.6 Å². The van der Waals surface area contributed by atoms with Gasteiger partial charge in [-0.3, -0.25) is 0 Å². The maximum absolute atomic E-state index is 13.0. The van der Waals surface area contributed by atoms with E-state index in [2.05, 4.69) is 17.2 Å². The first-order valence-electron chi connectivity index (χ1n) is 6.18. The van der Waals surface area contributed by atoms with Crippen LogP contribution in [0.15, 0.2) is 24.3 Å². The number of benzene rings is 1. The number of rotatable bonds is 4. The molecule has 0 amide bonds. The fourth-order valence-electron chi connectivity index (χ4n) is 2.28. The zero-order chi connectivity index (χ0) is 12.1. The molecule has 1 aromatic carbocycles. The first kappa shape index (κ1) is 12.1. The molecule has 2 rings (SSSR count). The zero-order valence-electron chi connectivity index (χ0n) is 10.2. The lowest BCUT2D eigenvalue weighted by molar-refractivity contribution is 0.293. The lowest BCUT2D eigenvalue weighted by atomic mass is 9.76. The highest BCUT2D eigenvalue weighted by Gasteiger charge is 2.29. The summed E-state index contributed by atoms with van der Waals surface area (Å²) in [6.07, 6.45) is 3.14. The summed E-state index contributed by atoms with van der Waals surface area (Å²) in [6.45, 7) is 2.82. The second-order valence-corrected chi connectivity index (χ2v) is 4.55. The summed E-state index contributed by atoms with van der Waals surface area (Å²) >= 11 is 0. The molecule has 0 spiro atoms. The van der Waals surface area contributed by atoms with Gasteiger partial charge in [0.05, 0.1) is 0 Å². The van der Waals surface area contributed by atoms with Crippen LogP contribution in [-0.2, 0) is 0 Å². The molecule has 1 aliphatic carbocycles. The molecule has 0 aliphatic heterocycles. The molecule has 1 aromatic rings. The molecular weight excluding hydrogens is 213 g/mol. The van der Waals surface area contributed by atoms with Gasteiger partial charge >= 0.3 is 0 Å². The van der Waals surface area contributed by atoms with Gasteiger partial charge in [0.15, 0.2) is 0 Å². The number of hydrogen-bond acceptors (Lipinski definition) is 1. The van der Waals surface area contributed by atoms with Crippen LogP contribution in [0.5, 0.6) is 0 Å². The molecule has 0 heterocycles. The zero-order valence-corrected chi connectivity index (χ0v) is 10.2. The summed E-state index contributed by atoms with van der Waals surface area (Å²) in [5, 5.41) is 3.47. The Morgan fingerprint density at radius 3 is 2.94 bits per heavy atom. The highest BCUT2D eigenvalue weighted by molar-refractivity contribution is 5.23. The second kappa shape index (κ2) is 5.84. The molecular formula is C15H18FN. The summed E-state index contributed by atoms with van der Waals surface area (Å²) in [5.41, 5.74) is 1.14. The van der Waals surface area contributed by atoms with E-state index in [9.17, 15) is 4.39 Å². The van der Waals surface area contributed by atoms with Gasteiger partial charge in [-0.05, 0) is 43.4 Å². The van der Waals surface area contributed by atoms with E-state index >= 15 is 0 Å². The van der Waals surface area contributed by atoms with Crippen LogP contribution in [0, 0.1) is 17.7 Å². The van der Waals surface area contributed by atoms with E-state index in [1.807, 2.05) is 13.0 Å². The molecule has 1 saturated carbocycles. The Kier molecular flexibility index (Phi) is 4.17. The SMILES string of the molecule is CC#CCCNC1CC(c2cccc(F)c2)C1. The van der Waals surface area contributed by atoms with E-state index in [1.54, 1.807) is 12.1 Å². The lowest BCUT2D eigenvalue weighted by Crippen LogP contribution is -2.40. The molecule has 0 bridgehead atoms. The van der Waals surface area contributed by atoms with Crippen molar-refractivity contribution in [2.24, 2.45) is 0 Å². The predicted molar refractivity (Wildman–Crippen MR) is 68.2 cm³/mol. The standard InChI is InChI=1S/C15H18FN/c1-2-3-4-8-17-15-10-13(11-15)12-6-5-7-14(16)9-12/h5-7,9,13,15,17H,4,8,10-11H2,1H3. The fraction of sp³-hybridized carbons (Fsp3) is 0.467. The van der Waals surface area contributed by atoms with Crippen LogP contribution < -0.4 is 5.32 Å². The number of nitrogens with one attached hydrogen (secondary N) is 1. The second-order valence-electron chi connectivity index (χ2n) is 4.55. The van der Waals surface area contributed by atoms with E-state index in [4.69, 9.17) is 0 Å². The fourth-order valence-corrected chi connectivity index (χ4v) is 2.28. The molecule has 1 nitrogen and oxygen atoms in total. The first-order chi connectivity index (χ1) is 8.29. The maximum atomic E-state index is 13.0. The Morgan fingerprint density at radius 1 is 1.41 bits per heavy atom. The molecule has 0 atom stereocenters. The Hall–Kier alpha value is -1.33. The molecule has 1 fully saturated rings. The molecule has 17 heavy (non-hydrogen) atoms. The number of hydrogen-bond donors (Lipinski definition) is 1. The van der Waals surface area contributed by atoms with Crippen molar-refractivity contribution in [2.45, 2.75) is 38.1 Å². The molecule has 0 aromatic heterocycles. The van der Waals surface area contributed by atoms with Gasteiger partial charge in [0.2, 0.25) is 0 Å². The van der Waals surface area contributed by atoms with Gasteiger partial charge in [-0.25, -0.2) is 4.39 Å². The van der Waals surface area contributed by atoms with Gasteiger partial charge in [-0.15, -0.1) is 11.8 Å². The molecule has 2 heteroatoms. The van der Waals surface area contributed by atoms with Gasteiger partial charge in [0, 0.05) is 19.0 Å². The van der Waals surface area contributed by atoms with Crippen molar-refractivity contribution in [2.75, 3.05) is 6.54 Å². The van der Waals surface area contributed by atoms with Crippen molar-refractivity contribution < 1.29 is 4.39 Å². The summed E-state index contributed by atoms with van der Waals surface area (Å²) in [6, 6.07) is 7.56. The van der Waals surface area contributed by atoms with Crippen molar-refractivity contribution in [3.8, 4) is 11.8 Å². The Morgan fingerprint density at radius 2 is 2.24 bits per heavy atom. The van der Waals surface area contributed by atoms with Crippen molar-refractivity contribution in [1.29, 1.82) is 0 Å². The molecule has 0 radical (unpaired) electrons. The summed E-state index contributed by atoms with van der Waals surface area (Å²) in [5.74, 6) is 6.33. The van der Waals surface area contributed by atoms with Gasteiger partial charge < -0.3 is 5.32 Å². The summed E-state index contributed by atoms with van der Waals surface area (Å²) in [4.78, 5) is 0. The summed E-state index contributed by atoms with van der Waals surface area (Å²) in [7, 11) is 0. The summed E-state index contributed by atoms with van der Waals surface area (Å²) < 4.78 is 13.0. The third-order valence-electron chi connectivity index (χ3n) is 3.32. The highest BCUT2D eigenvalue weighted by Crippen LogP contribution is 2.36. The molecule has 1 aliphatic rings. The van der Waals surface area contributed by atoms with Gasteiger partial charge in [-0.1, -0.05) is 12.1 Å². The molecule has 0 saturated heterocycles. The van der Waals surface area contributed by atoms with Crippen molar-refractivity contribution in [1.82, 2.24) is 5.32 Å². The van der Waals surface area contributed by atoms with Gasteiger partial charge in [-0.2, -0.15) is 0 Å². The van der Waals surface area contributed by atoms with Crippen LogP contribution in [0.1, 0.15) is 37.7 Å². The van der Waals surface area contributed by atoms with Gasteiger partial charge in [0.1, 0.15) is 5.82 Å². The minimum absolute atomic E-state index is 0.128. The third kappa shape index (κ3) is 3.31. The first-order valence-corrected chi connectivity index (χ1v) is 6.18. The predicted octanol–water partition coefficient (Wildman–Crippen LogP) is 3.07. The smallest absolute Gasteiger partial charge is 0.123 e. The Labute approximate surface area is 102 Å². The van der Waals surface area contributed by atoms with E-state index in [-0.39, 0.29) is 5.82 Å². The van der Waals surface area contributed by atoms with E-state index in [0.717, 1.165) is 31.4 Å². The van der Waals surface area contributed by atoms with E-state index < -0.39 is 0 Å². The quantitative estimate of drug-likeness (QED) is 0.620. The van der Waals surface area contributed by atoms with Crippen LogP contribution >= 0.6 is 0 Å². The maximum Gasteiger partial charge on any atom is 0.123 e. The largest absolute Gasteiger partial charge is 0.313 e. The van der Waals surface area contributed by atoms with E-state index in [0.29, 0.717) is 12.0 Å². The van der Waals surface area contributed by atoms with Gasteiger partial charge in [0.25, 0.3) is 0 Å². The average molecular weight is 231 g/mol. The highest BCUT2D eigenvalue weighted by atomic mass is 19.1. The van der Waals surface area contributed by atoms with Crippen molar-refractivity contribution >= 4 is 0 Å². The Bertz CT molecular complexity index is 424. The topological polar surface area (TPSA) is 12.0 Å². The molecule has 0 unspecified atom stereocenters. The molecule has 90 valence electrons. The Balaban J connectivity index is 1.73. The minimum atomic E-state index is -0.128. The number of halogens is 1. The van der Waals surface area contributed by atoms with Crippen LogP contribution in [-0.4, -0.2) is 12.6 Å².